The van der Waals surface area contributed by atoms with Crippen LogP contribution in [0.4, 0.5) is 0 Å². The van der Waals surface area contributed by atoms with Crippen LogP contribution in [0, 0.1) is 0 Å². The van der Waals surface area contributed by atoms with E-state index in [1.165, 1.54) is 28.3 Å². The van der Waals surface area contributed by atoms with Gasteiger partial charge in [-0.1, -0.05) is 0 Å². The van der Waals surface area contributed by atoms with Crippen LogP contribution in [0.3, 0.4) is 0 Å². The minimum atomic E-state index is -2.41. The number of benzene rings is 2. The second-order valence-corrected chi connectivity index (χ2v) is 33.5. The van der Waals surface area contributed by atoms with Gasteiger partial charge in [0.25, 0.3) is 0 Å². The molecule has 0 fully saturated rings. The molecule has 0 saturated heterocycles. The fraction of sp³-hybridized carbons (Fsp3) is 0.167. The van der Waals surface area contributed by atoms with Crippen LogP contribution in [-0.4, -0.2) is 26.5 Å². The Morgan fingerprint density at radius 2 is 1.26 bits per heavy atom. The third-order valence-corrected chi connectivity index (χ3v) is 27.9. The molecule has 0 radical (unpaired) electrons. The predicted octanol–water partition coefficient (Wildman–Crippen LogP) is 7.31. The summed E-state index contributed by atoms with van der Waals surface area (Å²) in [5, 5.41) is 3.11. The van der Waals surface area contributed by atoms with E-state index >= 15 is 0 Å². The Bertz CT molecular complexity index is 1620. The van der Waals surface area contributed by atoms with E-state index in [4.69, 9.17) is 0 Å². The average Bonchev–Trinajstić information content (AvgIpc) is 3.43. The fourth-order valence-electron chi connectivity index (χ4n) is 6.03. The van der Waals surface area contributed by atoms with Crippen molar-refractivity contribution in [3.05, 3.63) is 44.0 Å². The molecule has 5 aromatic rings. The Morgan fingerprint density at radius 3 is 1.97 bits per heavy atom. The van der Waals surface area contributed by atoms with Gasteiger partial charge in [0.2, 0.25) is 0 Å². The number of fused-ring (bicyclic) bond motifs is 11. The molecule has 0 saturated carbocycles. The van der Waals surface area contributed by atoms with Crippen LogP contribution < -0.4 is 17.6 Å². The molecule has 0 unspecified atom stereocenters. The fourth-order valence-corrected chi connectivity index (χ4v) is 30.8. The van der Waals surface area contributed by atoms with E-state index in [0.29, 0.717) is 0 Å². The zero-order valence-corrected chi connectivity index (χ0v) is 27.3. The first-order chi connectivity index (χ1) is 14.7. The Hall–Kier alpha value is 0.106. The zero-order chi connectivity index (χ0) is 21.4. The number of rotatable bonds is 0. The second-order valence-electron chi connectivity index (χ2n) is 9.66. The Labute approximate surface area is 215 Å². The van der Waals surface area contributed by atoms with Gasteiger partial charge in [0, 0.05) is 0 Å². The first kappa shape index (κ1) is 20.5. The minimum absolute atomic E-state index is 1.26. The van der Waals surface area contributed by atoms with Gasteiger partial charge in [-0.05, 0) is 0 Å². The molecule has 0 N–H and O–H groups in total. The SMILES string of the molecule is [CH3][Ge]1([CH3])[c]2cc(Br)sc2-c2ccc3[c]4c(ccc3[c]21)-c1sc2cc(Br)sc2[c]1[Ge]4([CH3])[CH3]. The summed E-state index contributed by atoms with van der Waals surface area (Å²) < 4.78 is 12.4. The maximum atomic E-state index is 3.75. The maximum absolute atomic E-state index is 3.75. The Kier molecular flexibility index (Phi) is 4.23. The van der Waals surface area contributed by atoms with E-state index < -0.39 is 26.5 Å². The first-order valence-electron chi connectivity index (χ1n) is 10.3. The average molecular weight is 708 g/mol. The first-order valence-corrected chi connectivity index (χ1v) is 27.0. The van der Waals surface area contributed by atoms with E-state index in [9.17, 15) is 0 Å². The molecule has 5 heterocycles. The van der Waals surface area contributed by atoms with Crippen molar-refractivity contribution in [2.75, 3.05) is 0 Å². The van der Waals surface area contributed by atoms with Crippen LogP contribution in [0.15, 0.2) is 44.0 Å². The summed E-state index contributed by atoms with van der Waals surface area (Å²) in [5.74, 6) is 10.4. The van der Waals surface area contributed by atoms with Gasteiger partial charge in [-0.15, -0.1) is 0 Å². The third-order valence-electron chi connectivity index (χ3n) is 7.27. The van der Waals surface area contributed by atoms with E-state index in [1.807, 2.05) is 34.0 Å². The molecule has 7 heteroatoms. The predicted molar refractivity (Wildman–Crippen MR) is 155 cm³/mol. The summed E-state index contributed by atoms with van der Waals surface area (Å²) >= 11 is 8.64. The Morgan fingerprint density at radius 1 is 0.645 bits per heavy atom. The molecule has 7 rings (SSSR count). The monoisotopic (exact) mass is 708 g/mol. The van der Waals surface area contributed by atoms with Gasteiger partial charge in [-0.3, -0.25) is 0 Å². The zero-order valence-electron chi connectivity index (χ0n) is 17.4. The van der Waals surface area contributed by atoms with Gasteiger partial charge in [0.05, 0.1) is 0 Å². The molecule has 0 aliphatic carbocycles. The molecule has 31 heavy (non-hydrogen) atoms. The molecule has 0 atom stereocenters. The number of hydrogen-bond donors (Lipinski definition) is 0. The summed E-state index contributed by atoms with van der Waals surface area (Å²) in [7, 11) is 0. The van der Waals surface area contributed by atoms with Gasteiger partial charge < -0.3 is 0 Å². The quantitative estimate of drug-likeness (QED) is 0.148. The van der Waals surface area contributed by atoms with Crippen molar-refractivity contribution in [3.8, 4) is 20.9 Å². The molecular formula is C24H18Br2Ge2S3. The van der Waals surface area contributed by atoms with Crippen LogP contribution in [0.25, 0.3) is 41.1 Å². The summed E-state index contributed by atoms with van der Waals surface area (Å²) in [6.45, 7) is 0. The van der Waals surface area contributed by atoms with Crippen LogP contribution in [0.1, 0.15) is 0 Å². The van der Waals surface area contributed by atoms with Crippen molar-refractivity contribution in [2.24, 2.45) is 0 Å². The van der Waals surface area contributed by atoms with Crippen molar-refractivity contribution in [1.82, 2.24) is 0 Å². The van der Waals surface area contributed by atoms with Gasteiger partial charge in [0.15, 0.2) is 0 Å². The Balaban J connectivity index is 1.57. The van der Waals surface area contributed by atoms with Gasteiger partial charge >= 0.3 is 218 Å². The molecule has 0 nitrogen and oxygen atoms in total. The molecule has 2 aliphatic heterocycles. The molecular weight excluding hydrogens is 689 g/mol. The van der Waals surface area contributed by atoms with Gasteiger partial charge in [-0.25, -0.2) is 0 Å². The summed E-state index contributed by atoms with van der Waals surface area (Å²) in [5.41, 5.74) is 3.06. The van der Waals surface area contributed by atoms with E-state index in [2.05, 4.69) is 91.3 Å². The standard InChI is InChI=1S/C24H18Br2Ge2S3/c1-27(2)15-9-17(25)30-22(15)13-7-5-12-11(19(13)27)6-8-14-20(12)28(3,4)21-23(14)29-16-10-18(26)31-24(16)21/h5-10H,1-4H3. The van der Waals surface area contributed by atoms with Crippen molar-refractivity contribution in [3.63, 3.8) is 0 Å². The van der Waals surface area contributed by atoms with Gasteiger partial charge in [-0.2, -0.15) is 0 Å². The molecule has 3 aromatic heterocycles. The van der Waals surface area contributed by atoms with Crippen molar-refractivity contribution in [2.45, 2.75) is 23.0 Å². The van der Waals surface area contributed by atoms with Crippen LogP contribution in [-0.2, 0) is 0 Å². The summed E-state index contributed by atoms with van der Waals surface area (Å²) in [4.78, 5) is 3.10. The summed E-state index contributed by atoms with van der Waals surface area (Å²) in [6.07, 6.45) is 0. The topological polar surface area (TPSA) is 0 Å². The van der Waals surface area contributed by atoms with Crippen molar-refractivity contribution < 1.29 is 0 Å². The second kappa shape index (κ2) is 6.40. The molecule has 2 aliphatic rings. The normalized spacial score (nSPS) is 17.2. The number of thiophene rings is 3. The molecule has 0 spiro atoms. The van der Waals surface area contributed by atoms with Crippen LogP contribution in [0.5, 0.6) is 0 Å². The van der Waals surface area contributed by atoms with E-state index in [0.717, 1.165) is 0 Å². The molecule has 2 aromatic carbocycles. The summed E-state index contributed by atoms with van der Waals surface area (Å²) in [6, 6.07) is 14.6. The molecule has 154 valence electrons. The van der Waals surface area contributed by atoms with Crippen molar-refractivity contribution >= 4 is 130 Å². The van der Waals surface area contributed by atoms with Crippen LogP contribution >= 0.6 is 65.9 Å². The van der Waals surface area contributed by atoms with E-state index in [1.54, 1.807) is 37.9 Å². The number of hydrogen-bond acceptors (Lipinski definition) is 3. The van der Waals surface area contributed by atoms with Crippen LogP contribution in [0.2, 0.25) is 23.0 Å². The van der Waals surface area contributed by atoms with Crippen molar-refractivity contribution in [1.29, 1.82) is 0 Å². The molecule has 0 amide bonds. The van der Waals surface area contributed by atoms with E-state index in [-0.39, 0.29) is 0 Å². The van der Waals surface area contributed by atoms with Gasteiger partial charge in [0.1, 0.15) is 0 Å². The molecule has 0 bridgehead atoms. The number of halogens is 2. The third kappa shape index (κ3) is 2.47.